The van der Waals surface area contributed by atoms with Gasteiger partial charge in [-0.2, -0.15) is 0 Å². The molecule has 0 amide bonds. The maximum absolute atomic E-state index is 15.3. The number of epoxide rings is 1. The van der Waals surface area contributed by atoms with E-state index < -0.39 is 28.7 Å². The van der Waals surface area contributed by atoms with Crippen LogP contribution in [0.15, 0.2) is 100 Å². The molecular formula is C50H66N6O6. The lowest BCUT2D eigenvalue weighted by atomic mass is 9.68. The Bertz CT molecular complexity index is 2200. The Morgan fingerprint density at radius 2 is 1.98 bits per heavy atom. The first kappa shape index (κ1) is 44.0. The van der Waals surface area contributed by atoms with Gasteiger partial charge in [0.2, 0.25) is 5.78 Å². The van der Waals surface area contributed by atoms with Gasteiger partial charge in [0, 0.05) is 42.3 Å². The summed E-state index contributed by atoms with van der Waals surface area (Å²) in [6, 6.07) is 5.36. The SMILES string of the molecule is CCN[C@H]1C=C2C=CCC[C@H]2C[C@@H]1COC(=O)[C@]12O[C@@]1(C/C(CO)=C(\C)CCC1=CCNC3=C1CC[C@@H](NC)N3)C(=O)c1cccc(CC(C)(C)CC3=CNC(N)C=C3)c1C2=O. The number of allylic oxidation sites excluding steroid dienone is 8. The highest BCUT2D eigenvalue weighted by molar-refractivity contribution is 6.33. The minimum atomic E-state index is -2.17. The fourth-order valence-corrected chi connectivity index (χ4v) is 10.9. The third-order valence-electron chi connectivity index (χ3n) is 14.3. The summed E-state index contributed by atoms with van der Waals surface area (Å²) in [6.07, 6.45) is 22.0. The van der Waals surface area contributed by atoms with E-state index in [0.717, 1.165) is 68.6 Å². The maximum Gasteiger partial charge on any atom is 0.350 e. The van der Waals surface area contributed by atoms with Crippen LogP contribution in [0.2, 0.25) is 0 Å². The van der Waals surface area contributed by atoms with E-state index in [-0.39, 0.29) is 60.5 Å². The Morgan fingerprint density at radius 1 is 1.15 bits per heavy atom. The third kappa shape index (κ3) is 8.32. The molecule has 1 unspecified atom stereocenters. The largest absolute Gasteiger partial charge is 0.463 e. The molecule has 1 aromatic carbocycles. The molecule has 1 fully saturated rings. The highest BCUT2D eigenvalue weighted by Crippen LogP contribution is 2.60. The number of dihydropyridines is 2. The van der Waals surface area contributed by atoms with Crippen LogP contribution in [0.5, 0.6) is 0 Å². The van der Waals surface area contributed by atoms with Gasteiger partial charge in [0.1, 0.15) is 5.82 Å². The number of carbonyl (C=O) groups excluding carboxylic acids is 3. The number of rotatable bonds is 16. The molecule has 1 aromatic rings. The second-order valence-electron chi connectivity index (χ2n) is 19.1. The van der Waals surface area contributed by atoms with E-state index in [2.05, 4.69) is 71.7 Å². The predicted octanol–water partition coefficient (Wildman–Crippen LogP) is 5.44. The molecule has 7 aliphatic rings. The number of benzene rings is 1. The standard InChI is InChI=1S/C50H66N6O6/c1-6-53-40-23-34-11-8-7-10-33(34)22-36(40)29-61-47(60)50-45(59)43-35(25-48(3,4)24-31-15-18-41(51)55-27-31)12-9-13-39(43)44(58)49(50,62-50)26-37(28-57)30(2)14-16-32-20-21-54-46-38(32)17-19-42(52-5)56-46/h8-9,11-13,15,18,20,23,27,33,36,40-42,52-57H,6-7,10,14,16-17,19,21-22,24-26,28-29,51H2,1-5H3/b37-30-/t33-,36+,40-,41?,42-,49-,50-/m0/s1. The van der Waals surface area contributed by atoms with Gasteiger partial charge < -0.3 is 46.9 Å². The van der Waals surface area contributed by atoms with Crippen molar-refractivity contribution in [2.24, 2.45) is 23.0 Å². The number of likely N-dealkylation sites (N-methyl/N-ethyl adjacent to an activating group) is 1. The summed E-state index contributed by atoms with van der Waals surface area (Å²) in [5.74, 6) is -0.389. The third-order valence-corrected chi connectivity index (χ3v) is 14.3. The minimum Gasteiger partial charge on any atom is -0.463 e. The summed E-state index contributed by atoms with van der Waals surface area (Å²) in [7, 11) is 1.95. The summed E-state index contributed by atoms with van der Waals surface area (Å²) < 4.78 is 12.7. The smallest absolute Gasteiger partial charge is 0.350 e. The second kappa shape index (κ2) is 17.9. The Hall–Kier alpha value is -4.59. The lowest BCUT2D eigenvalue weighted by molar-refractivity contribution is -0.150. The molecule has 8 N–H and O–H groups in total. The van der Waals surface area contributed by atoms with Gasteiger partial charge in [0.15, 0.2) is 11.4 Å². The summed E-state index contributed by atoms with van der Waals surface area (Å²) in [5, 5.41) is 28.0. The van der Waals surface area contributed by atoms with Crippen molar-refractivity contribution < 1.29 is 29.0 Å². The van der Waals surface area contributed by atoms with Crippen molar-refractivity contribution in [1.82, 2.24) is 26.6 Å². The van der Waals surface area contributed by atoms with Gasteiger partial charge in [0.05, 0.1) is 25.5 Å². The number of ether oxygens (including phenoxy) is 2. The molecule has 0 bridgehead atoms. The fourth-order valence-electron chi connectivity index (χ4n) is 10.9. The number of esters is 1. The number of nitrogens with one attached hydrogen (secondary N) is 5. The number of aliphatic hydroxyl groups excluding tert-OH is 1. The highest BCUT2D eigenvalue weighted by atomic mass is 16.7. The molecule has 7 atom stereocenters. The monoisotopic (exact) mass is 847 g/mol. The molecule has 1 saturated heterocycles. The predicted molar refractivity (Wildman–Crippen MR) is 241 cm³/mol. The van der Waals surface area contributed by atoms with E-state index in [4.69, 9.17) is 15.2 Å². The lowest BCUT2D eigenvalue weighted by Crippen LogP contribution is -2.52. The zero-order valence-corrected chi connectivity index (χ0v) is 37.1. The van der Waals surface area contributed by atoms with Gasteiger partial charge in [-0.1, -0.05) is 74.9 Å². The van der Waals surface area contributed by atoms with Crippen molar-refractivity contribution in [2.75, 3.05) is 33.4 Å². The van der Waals surface area contributed by atoms with Crippen LogP contribution in [0.1, 0.15) is 112 Å². The molecule has 0 radical (unpaired) electrons. The van der Waals surface area contributed by atoms with Crippen molar-refractivity contribution in [3.8, 4) is 0 Å². The number of ketones is 2. The summed E-state index contributed by atoms with van der Waals surface area (Å²) >= 11 is 0. The minimum absolute atomic E-state index is 0.00917. The van der Waals surface area contributed by atoms with Gasteiger partial charge in [-0.05, 0) is 129 Å². The van der Waals surface area contributed by atoms with Crippen LogP contribution in [0.3, 0.4) is 0 Å². The van der Waals surface area contributed by atoms with E-state index in [1.165, 1.54) is 16.7 Å². The van der Waals surface area contributed by atoms with E-state index >= 15 is 9.59 Å². The Balaban J connectivity index is 1.09. The fraction of sp³-hybridized carbons (Fsp3) is 0.540. The maximum atomic E-state index is 15.3. The molecule has 0 spiro atoms. The van der Waals surface area contributed by atoms with Crippen LogP contribution in [0.4, 0.5) is 0 Å². The normalized spacial score (nSPS) is 30.2. The first-order chi connectivity index (χ1) is 29.8. The molecule has 8 rings (SSSR count). The highest BCUT2D eigenvalue weighted by Gasteiger charge is 2.85. The van der Waals surface area contributed by atoms with E-state index in [1.807, 2.05) is 44.5 Å². The van der Waals surface area contributed by atoms with Gasteiger partial charge in [-0.3, -0.25) is 9.59 Å². The van der Waals surface area contributed by atoms with Crippen LogP contribution >= 0.6 is 0 Å². The van der Waals surface area contributed by atoms with E-state index in [0.29, 0.717) is 36.3 Å². The van der Waals surface area contributed by atoms with Gasteiger partial charge >= 0.3 is 5.97 Å². The molecule has 0 aromatic heterocycles. The van der Waals surface area contributed by atoms with Crippen LogP contribution in [-0.2, 0) is 20.7 Å². The summed E-state index contributed by atoms with van der Waals surface area (Å²) in [6.45, 7) is 9.49. The Labute approximate surface area is 366 Å². The number of Topliss-reactive ketones (excluding diaryl/α,β-unsaturated/α-hetero) is 2. The van der Waals surface area contributed by atoms with Crippen molar-refractivity contribution in [2.45, 2.75) is 121 Å². The van der Waals surface area contributed by atoms with Gasteiger partial charge in [-0.25, -0.2) is 4.79 Å². The van der Waals surface area contributed by atoms with Crippen molar-refractivity contribution >= 4 is 17.5 Å². The summed E-state index contributed by atoms with van der Waals surface area (Å²) in [4.78, 5) is 45.3. The van der Waals surface area contributed by atoms with Crippen molar-refractivity contribution in [3.05, 3.63) is 117 Å². The first-order valence-electron chi connectivity index (χ1n) is 22.8. The Kier molecular flexibility index (Phi) is 12.7. The molecule has 4 aliphatic heterocycles. The van der Waals surface area contributed by atoms with Crippen LogP contribution < -0.4 is 32.3 Å². The molecule has 62 heavy (non-hydrogen) atoms. The van der Waals surface area contributed by atoms with Crippen molar-refractivity contribution in [3.63, 3.8) is 0 Å². The van der Waals surface area contributed by atoms with E-state index in [9.17, 15) is 9.90 Å². The van der Waals surface area contributed by atoms with Crippen molar-refractivity contribution in [1.29, 1.82) is 0 Å². The van der Waals surface area contributed by atoms with Gasteiger partial charge in [-0.15, -0.1) is 0 Å². The zero-order chi connectivity index (χ0) is 43.8. The molecule has 4 heterocycles. The average molecular weight is 847 g/mol. The van der Waals surface area contributed by atoms with Crippen LogP contribution in [0, 0.1) is 17.3 Å². The Morgan fingerprint density at radius 3 is 2.74 bits per heavy atom. The number of hydrogen-bond donors (Lipinski definition) is 7. The number of carbonyl (C=O) groups is 3. The quantitative estimate of drug-likeness (QED) is 0.0486. The molecule has 3 aliphatic carbocycles. The van der Waals surface area contributed by atoms with Crippen LogP contribution in [-0.4, -0.2) is 85.6 Å². The number of fused-ring (bicyclic) bond motifs is 3. The van der Waals surface area contributed by atoms with E-state index in [1.54, 1.807) is 6.07 Å². The average Bonchev–Trinajstić information content (AvgIpc) is 3.97. The summed E-state index contributed by atoms with van der Waals surface area (Å²) in [5.41, 5.74) is 9.22. The second-order valence-corrected chi connectivity index (χ2v) is 19.1. The molecule has 332 valence electrons. The molecule has 0 saturated carbocycles. The number of hydrogen-bond acceptors (Lipinski definition) is 12. The number of aliphatic hydroxyl groups is 1. The first-order valence-corrected chi connectivity index (χ1v) is 22.8. The zero-order valence-electron chi connectivity index (χ0n) is 37.1. The topological polar surface area (TPSA) is 179 Å². The lowest BCUT2D eigenvalue weighted by Gasteiger charge is -2.36. The van der Waals surface area contributed by atoms with Crippen LogP contribution in [0.25, 0.3) is 0 Å². The number of nitrogens with two attached hydrogens (primary N) is 1. The molecule has 12 heteroatoms. The molecule has 12 nitrogen and oxygen atoms in total. The molecular weight excluding hydrogens is 781 g/mol. The van der Waals surface area contributed by atoms with Gasteiger partial charge in [0.25, 0.3) is 5.60 Å².